The van der Waals surface area contributed by atoms with Gasteiger partial charge in [-0.1, -0.05) is 30.4 Å². The lowest BCUT2D eigenvalue weighted by Gasteiger charge is -2.09. The Hall–Kier alpha value is -2.36. The first-order chi connectivity index (χ1) is 9.88. The highest BCUT2D eigenvalue weighted by Crippen LogP contribution is 2.18. The minimum atomic E-state index is -1.16. The van der Waals surface area contributed by atoms with Crippen molar-refractivity contribution in [2.75, 3.05) is 5.32 Å². The molecule has 2 N–H and O–H groups in total. The first-order valence-corrected chi connectivity index (χ1v) is 6.96. The van der Waals surface area contributed by atoms with Crippen molar-refractivity contribution in [3.05, 3.63) is 16.4 Å². The van der Waals surface area contributed by atoms with Crippen molar-refractivity contribution >= 4 is 28.3 Å². The van der Waals surface area contributed by atoms with Crippen LogP contribution < -0.4 is 5.32 Å². The molecule has 0 atom stereocenters. The number of carbonyl (C=O) groups excluding carboxylic acids is 1. The van der Waals surface area contributed by atoms with Crippen LogP contribution in [0.3, 0.4) is 0 Å². The molecule has 0 saturated heterocycles. The van der Waals surface area contributed by atoms with Crippen LogP contribution in [-0.2, 0) is 11.3 Å². The van der Waals surface area contributed by atoms with Gasteiger partial charge in [0.15, 0.2) is 5.69 Å². The SMILES string of the molecule is Cc1nnc(NC(=O)Cn2nnc(C(=O)O)c2C(C)C)s1. The predicted molar refractivity (Wildman–Crippen MR) is 74.3 cm³/mol. The van der Waals surface area contributed by atoms with E-state index in [9.17, 15) is 9.59 Å². The monoisotopic (exact) mass is 310 g/mol. The number of aromatic carboxylic acids is 1. The average molecular weight is 310 g/mol. The maximum absolute atomic E-state index is 11.9. The van der Waals surface area contributed by atoms with Crippen LogP contribution in [0.5, 0.6) is 0 Å². The van der Waals surface area contributed by atoms with Crippen LogP contribution in [0.1, 0.15) is 41.0 Å². The molecule has 2 aromatic rings. The number of aromatic nitrogens is 5. The third-order valence-corrected chi connectivity index (χ3v) is 3.34. The van der Waals surface area contributed by atoms with Gasteiger partial charge in [-0.2, -0.15) is 0 Å². The number of anilines is 1. The molecule has 0 aliphatic rings. The van der Waals surface area contributed by atoms with E-state index < -0.39 is 5.97 Å². The molecule has 0 radical (unpaired) electrons. The fraction of sp³-hybridized carbons (Fsp3) is 0.455. The van der Waals surface area contributed by atoms with Crippen LogP contribution in [0.15, 0.2) is 0 Å². The number of nitrogens with zero attached hydrogens (tertiary/aromatic N) is 5. The van der Waals surface area contributed by atoms with Gasteiger partial charge < -0.3 is 5.11 Å². The predicted octanol–water partition coefficient (Wildman–Crippen LogP) is 0.898. The number of hydrogen-bond acceptors (Lipinski definition) is 7. The van der Waals surface area contributed by atoms with Gasteiger partial charge in [-0.05, 0) is 12.8 Å². The molecule has 2 rings (SSSR count). The molecule has 112 valence electrons. The number of aryl methyl sites for hydroxylation is 1. The molecule has 9 nitrogen and oxygen atoms in total. The Balaban J connectivity index is 2.15. The molecule has 0 saturated carbocycles. The second-order valence-electron chi connectivity index (χ2n) is 4.62. The Bertz CT molecular complexity index is 677. The largest absolute Gasteiger partial charge is 0.476 e. The molecular weight excluding hydrogens is 296 g/mol. The van der Waals surface area contributed by atoms with Crippen LogP contribution >= 0.6 is 11.3 Å². The molecule has 21 heavy (non-hydrogen) atoms. The zero-order valence-electron chi connectivity index (χ0n) is 11.7. The summed E-state index contributed by atoms with van der Waals surface area (Å²) in [5.41, 5.74) is 0.274. The standard InChI is InChI=1S/C11H14N6O3S/c1-5(2)9-8(10(19)20)14-16-17(9)4-7(18)12-11-15-13-6(3)21-11/h5H,4H2,1-3H3,(H,19,20)(H,12,15,18). The molecule has 0 aromatic carbocycles. The highest BCUT2D eigenvalue weighted by molar-refractivity contribution is 7.15. The number of amides is 1. The van der Waals surface area contributed by atoms with Crippen LogP contribution in [-0.4, -0.2) is 42.2 Å². The van der Waals surface area contributed by atoms with Crippen molar-refractivity contribution in [3.63, 3.8) is 0 Å². The summed E-state index contributed by atoms with van der Waals surface area (Å²) in [5.74, 6) is -1.65. The summed E-state index contributed by atoms with van der Waals surface area (Å²) in [6, 6.07) is 0. The Labute approximate surface area is 124 Å². The first-order valence-electron chi connectivity index (χ1n) is 6.15. The van der Waals surface area contributed by atoms with Gasteiger partial charge in [0.25, 0.3) is 0 Å². The Morgan fingerprint density at radius 3 is 2.57 bits per heavy atom. The van der Waals surface area contributed by atoms with Gasteiger partial charge >= 0.3 is 5.97 Å². The summed E-state index contributed by atoms with van der Waals surface area (Å²) in [4.78, 5) is 23.0. The number of hydrogen-bond donors (Lipinski definition) is 2. The quantitative estimate of drug-likeness (QED) is 0.840. The van der Waals surface area contributed by atoms with Crippen molar-refractivity contribution in [1.29, 1.82) is 0 Å². The molecule has 0 bridgehead atoms. The van der Waals surface area contributed by atoms with Crippen molar-refractivity contribution in [2.45, 2.75) is 33.2 Å². The fourth-order valence-electron chi connectivity index (χ4n) is 1.80. The minimum absolute atomic E-state index is 0.123. The molecule has 0 aliphatic carbocycles. The summed E-state index contributed by atoms with van der Waals surface area (Å²) in [6.45, 7) is 5.27. The van der Waals surface area contributed by atoms with Crippen molar-refractivity contribution in [1.82, 2.24) is 25.2 Å². The topological polar surface area (TPSA) is 123 Å². The average Bonchev–Trinajstić information content (AvgIpc) is 2.95. The minimum Gasteiger partial charge on any atom is -0.476 e. The van der Waals surface area contributed by atoms with Crippen LogP contribution in [0, 0.1) is 6.92 Å². The number of carbonyl (C=O) groups is 2. The number of rotatable bonds is 5. The van der Waals surface area contributed by atoms with Crippen molar-refractivity contribution in [2.24, 2.45) is 0 Å². The van der Waals surface area contributed by atoms with E-state index in [4.69, 9.17) is 5.11 Å². The second-order valence-corrected chi connectivity index (χ2v) is 5.80. The van der Waals surface area contributed by atoms with E-state index in [-0.39, 0.29) is 24.1 Å². The van der Waals surface area contributed by atoms with Gasteiger partial charge in [0.2, 0.25) is 11.0 Å². The van der Waals surface area contributed by atoms with E-state index in [0.717, 1.165) is 5.01 Å². The highest BCUT2D eigenvalue weighted by atomic mass is 32.1. The molecule has 0 spiro atoms. The van der Waals surface area contributed by atoms with Gasteiger partial charge in [0.05, 0.1) is 5.69 Å². The molecule has 0 aliphatic heterocycles. The lowest BCUT2D eigenvalue weighted by molar-refractivity contribution is -0.117. The smallest absolute Gasteiger partial charge is 0.358 e. The summed E-state index contributed by atoms with van der Waals surface area (Å²) in [5, 5.41) is 27.7. The van der Waals surface area contributed by atoms with E-state index in [1.165, 1.54) is 16.0 Å². The van der Waals surface area contributed by atoms with Gasteiger partial charge in [0, 0.05) is 0 Å². The van der Waals surface area contributed by atoms with E-state index in [2.05, 4.69) is 25.8 Å². The van der Waals surface area contributed by atoms with Crippen LogP contribution in [0.2, 0.25) is 0 Å². The lowest BCUT2D eigenvalue weighted by atomic mass is 10.1. The van der Waals surface area contributed by atoms with Crippen LogP contribution in [0.25, 0.3) is 0 Å². The summed E-state index contributed by atoms with van der Waals surface area (Å²) in [6.07, 6.45) is 0. The number of nitrogens with one attached hydrogen (secondary N) is 1. The second kappa shape index (κ2) is 5.95. The molecule has 2 heterocycles. The van der Waals surface area contributed by atoms with Gasteiger partial charge in [-0.3, -0.25) is 10.1 Å². The molecule has 1 amide bonds. The normalized spacial score (nSPS) is 10.9. The maximum Gasteiger partial charge on any atom is 0.358 e. The molecular formula is C11H14N6O3S. The number of carboxylic acid groups (broad SMARTS) is 1. The maximum atomic E-state index is 11.9. The van der Waals surface area contributed by atoms with Gasteiger partial charge in [-0.25, -0.2) is 9.48 Å². The van der Waals surface area contributed by atoms with E-state index in [0.29, 0.717) is 10.8 Å². The van der Waals surface area contributed by atoms with Gasteiger partial charge in [0.1, 0.15) is 11.6 Å². The Kier molecular flexibility index (Phi) is 4.26. The number of carboxylic acids is 1. The van der Waals surface area contributed by atoms with Crippen molar-refractivity contribution < 1.29 is 14.7 Å². The molecule has 2 aromatic heterocycles. The zero-order chi connectivity index (χ0) is 15.6. The summed E-state index contributed by atoms with van der Waals surface area (Å²) < 4.78 is 1.29. The van der Waals surface area contributed by atoms with Crippen molar-refractivity contribution in [3.8, 4) is 0 Å². The third-order valence-electron chi connectivity index (χ3n) is 2.59. The zero-order valence-corrected chi connectivity index (χ0v) is 12.5. The molecule has 0 fully saturated rings. The Morgan fingerprint density at radius 2 is 2.05 bits per heavy atom. The van der Waals surface area contributed by atoms with Gasteiger partial charge in [-0.15, -0.1) is 15.3 Å². The summed E-state index contributed by atoms with van der Waals surface area (Å²) >= 11 is 1.25. The highest BCUT2D eigenvalue weighted by Gasteiger charge is 2.22. The lowest BCUT2D eigenvalue weighted by Crippen LogP contribution is -2.21. The fourth-order valence-corrected chi connectivity index (χ4v) is 2.41. The van der Waals surface area contributed by atoms with E-state index >= 15 is 0 Å². The molecule has 10 heteroatoms. The van der Waals surface area contributed by atoms with Crippen LogP contribution in [0.4, 0.5) is 5.13 Å². The molecule has 0 unspecified atom stereocenters. The summed E-state index contributed by atoms with van der Waals surface area (Å²) in [7, 11) is 0. The Morgan fingerprint density at radius 1 is 1.33 bits per heavy atom. The first kappa shape index (κ1) is 15.0. The van der Waals surface area contributed by atoms with E-state index in [1.807, 2.05) is 13.8 Å². The van der Waals surface area contributed by atoms with E-state index in [1.54, 1.807) is 6.92 Å². The third kappa shape index (κ3) is 3.40.